The minimum absolute atomic E-state index is 0.341. The van der Waals surface area contributed by atoms with Crippen LogP contribution in [0.4, 0.5) is 5.82 Å². The van der Waals surface area contributed by atoms with Gasteiger partial charge in [0.1, 0.15) is 11.9 Å². The van der Waals surface area contributed by atoms with Crippen molar-refractivity contribution >= 4 is 21.7 Å². The second-order valence-corrected chi connectivity index (χ2v) is 5.58. The van der Waals surface area contributed by atoms with Gasteiger partial charge in [-0.25, -0.2) is 4.98 Å². The number of aromatic nitrogens is 1. The lowest BCUT2D eigenvalue weighted by Gasteiger charge is -2.29. The van der Waals surface area contributed by atoms with E-state index in [-0.39, 0.29) is 0 Å². The third-order valence-corrected chi connectivity index (χ3v) is 3.70. The van der Waals surface area contributed by atoms with Gasteiger partial charge in [0, 0.05) is 30.7 Å². The van der Waals surface area contributed by atoms with Crippen molar-refractivity contribution in [3.05, 3.63) is 21.8 Å². The van der Waals surface area contributed by atoms with Crippen LogP contribution in [0.15, 0.2) is 10.5 Å². The molecule has 0 saturated carbocycles. The van der Waals surface area contributed by atoms with Gasteiger partial charge in [0.25, 0.3) is 0 Å². The molecular weight excluding hydrogens is 292 g/mol. The van der Waals surface area contributed by atoms with E-state index in [0.717, 1.165) is 42.2 Å². The predicted octanol–water partition coefficient (Wildman–Crippen LogP) is 2.25. The Labute approximate surface area is 116 Å². The molecule has 5 heteroatoms. The third kappa shape index (κ3) is 2.65. The molecule has 0 unspecified atom stereocenters. The summed E-state index contributed by atoms with van der Waals surface area (Å²) in [6, 6.07) is 4.13. The molecule has 4 nitrogen and oxygen atoms in total. The van der Waals surface area contributed by atoms with E-state index in [1.165, 1.54) is 0 Å². The van der Waals surface area contributed by atoms with Crippen LogP contribution < -0.4 is 10.2 Å². The van der Waals surface area contributed by atoms with Gasteiger partial charge in [-0.2, -0.15) is 5.26 Å². The smallest absolute Gasteiger partial charge is 0.147 e. The van der Waals surface area contributed by atoms with Crippen molar-refractivity contribution in [1.29, 1.82) is 5.26 Å². The lowest BCUT2D eigenvalue weighted by atomic mass is 10.1. The Balaban J connectivity index is 2.43. The summed E-state index contributed by atoms with van der Waals surface area (Å²) in [5.41, 5.74) is 1.66. The molecule has 96 valence electrons. The summed E-state index contributed by atoms with van der Waals surface area (Å²) < 4.78 is 0.924. The summed E-state index contributed by atoms with van der Waals surface area (Å²) in [6.07, 6.45) is 0. The van der Waals surface area contributed by atoms with Gasteiger partial charge >= 0.3 is 0 Å². The first-order valence-electron chi connectivity index (χ1n) is 6.19. The van der Waals surface area contributed by atoms with Crippen LogP contribution in [0.5, 0.6) is 0 Å². The van der Waals surface area contributed by atoms with Crippen molar-refractivity contribution in [1.82, 2.24) is 10.3 Å². The van der Waals surface area contributed by atoms with Gasteiger partial charge in [0.2, 0.25) is 0 Å². The standard InChI is InChI=1S/C13H17BrN4/c1-9(2)12-11(14)7-10(8-15)13(17-12)18-5-3-16-4-6-18/h7,9,16H,3-6H2,1-2H3. The average molecular weight is 309 g/mol. The molecule has 1 aliphatic heterocycles. The van der Waals surface area contributed by atoms with Crippen molar-refractivity contribution in [3.8, 4) is 6.07 Å². The highest BCUT2D eigenvalue weighted by Gasteiger charge is 2.19. The first kappa shape index (κ1) is 13.3. The van der Waals surface area contributed by atoms with E-state index in [1.807, 2.05) is 6.07 Å². The molecule has 0 spiro atoms. The highest BCUT2D eigenvalue weighted by Crippen LogP contribution is 2.29. The summed E-state index contributed by atoms with van der Waals surface area (Å²) in [7, 11) is 0. The van der Waals surface area contributed by atoms with E-state index in [2.05, 4.69) is 46.1 Å². The maximum absolute atomic E-state index is 9.25. The van der Waals surface area contributed by atoms with Crippen molar-refractivity contribution in [2.24, 2.45) is 0 Å². The number of hydrogen-bond acceptors (Lipinski definition) is 4. The molecule has 0 radical (unpaired) electrons. The van der Waals surface area contributed by atoms with Crippen LogP contribution in [-0.2, 0) is 0 Å². The zero-order valence-corrected chi connectivity index (χ0v) is 12.3. The maximum Gasteiger partial charge on any atom is 0.147 e. The fourth-order valence-corrected chi connectivity index (χ4v) is 2.87. The van der Waals surface area contributed by atoms with E-state index >= 15 is 0 Å². The molecule has 1 saturated heterocycles. The van der Waals surface area contributed by atoms with Gasteiger partial charge in [-0.1, -0.05) is 13.8 Å². The third-order valence-electron chi connectivity index (χ3n) is 3.07. The average Bonchev–Trinajstić information content (AvgIpc) is 2.39. The highest BCUT2D eigenvalue weighted by atomic mass is 79.9. The predicted molar refractivity (Wildman–Crippen MR) is 75.8 cm³/mol. The number of rotatable bonds is 2. The molecular formula is C13H17BrN4. The van der Waals surface area contributed by atoms with Crippen LogP contribution in [0.25, 0.3) is 0 Å². The number of nitrogens with one attached hydrogen (secondary N) is 1. The Hall–Kier alpha value is -1.12. The molecule has 0 atom stereocenters. The molecule has 1 fully saturated rings. The molecule has 18 heavy (non-hydrogen) atoms. The molecule has 0 aliphatic carbocycles. The minimum atomic E-state index is 0.341. The SMILES string of the molecule is CC(C)c1nc(N2CCNCC2)c(C#N)cc1Br. The quantitative estimate of drug-likeness (QED) is 0.910. The van der Waals surface area contributed by atoms with Crippen molar-refractivity contribution in [3.63, 3.8) is 0 Å². The Bertz CT molecular complexity index is 473. The van der Waals surface area contributed by atoms with Crippen LogP contribution in [0, 0.1) is 11.3 Å². The monoisotopic (exact) mass is 308 g/mol. The maximum atomic E-state index is 9.25. The number of piperazine rings is 1. The summed E-state index contributed by atoms with van der Waals surface area (Å²) >= 11 is 3.50. The van der Waals surface area contributed by atoms with Crippen molar-refractivity contribution in [2.45, 2.75) is 19.8 Å². The Kier molecular flexibility index (Phi) is 4.20. The molecule has 0 aromatic carbocycles. The van der Waals surface area contributed by atoms with Crippen LogP contribution in [0.1, 0.15) is 31.0 Å². The molecule has 2 heterocycles. The number of pyridine rings is 1. The van der Waals surface area contributed by atoms with E-state index in [1.54, 1.807) is 0 Å². The second kappa shape index (κ2) is 5.68. The molecule has 1 aromatic rings. The fraction of sp³-hybridized carbons (Fsp3) is 0.538. The molecule has 1 aromatic heterocycles. The summed E-state index contributed by atoms with van der Waals surface area (Å²) in [5, 5.41) is 12.6. The Morgan fingerprint density at radius 1 is 1.44 bits per heavy atom. The lowest BCUT2D eigenvalue weighted by Crippen LogP contribution is -2.44. The van der Waals surface area contributed by atoms with Gasteiger partial charge in [-0.3, -0.25) is 0 Å². The van der Waals surface area contributed by atoms with Crippen LogP contribution in [-0.4, -0.2) is 31.2 Å². The lowest BCUT2D eigenvalue weighted by molar-refractivity contribution is 0.583. The number of anilines is 1. The molecule has 1 N–H and O–H groups in total. The molecule has 1 aliphatic rings. The largest absolute Gasteiger partial charge is 0.353 e. The summed E-state index contributed by atoms with van der Waals surface area (Å²) in [4.78, 5) is 6.88. The van der Waals surface area contributed by atoms with E-state index in [9.17, 15) is 5.26 Å². The zero-order chi connectivity index (χ0) is 13.1. The van der Waals surface area contributed by atoms with Crippen molar-refractivity contribution < 1.29 is 0 Å². The zero-order valence-electron chi connectivity index (χ0n) is 10.7. The van der Waals surface area contributed by atoms with Crippen LogP contribution in [0.3, 0.4) is 0 Å². The molecule has 2 rings (SSSR count). The van der Waals surface area contributed by atoms with Gasteiger partial charge in [-0.05, 0) is 27.9 Å². The fourth-order valence-electron chi connectivity index (χ4n) is 2.10. The number of nitrogens with zero attached hydrogens (tertiary/aromatic N) is 3. The van der Waals surface area contributed by atoms with Crippen molar-refractivity contribution in [2.75, 3.05) is 31.1 Å². The number of nitriles is 1. The van der Waals surface area contributed by atoms with E-state index in [0.29, 0.717) is 11.5 Å². The first-order valence-corrected chi connectivity index (χ1v) is 6.99. The van der Waals surface area contributed by atoms with Crippen LogP contribution in [0.2, 0.25) is 0 Å². The molecule has 0 amide bonds. The van der Waals surface area contributed by atoms with E-state index in [4.69, 9.17) is 4.98 Å². The first-order chi connectivity index (χ1) is 8.63. The Morgan fingerprint density at radius 3 is 2.67 bits per heavy atom. The van der Waals surface area contributed by atoms with Gasteiger partial charge in [-0.15, -0.1) is 0 Å². The van der Waals surface area contributed by atoms with Gasteiger partial charge in [0.05, 0.1) is 11.3 Å². The number of halogens is 1. The minimum Gasteiger partial charge on any atom is -0.353 e. The van der Waals surface area contributed by atoms with Gasteiger partial charge < -0.3 is 10.2 Å². The Morgan fingerprint density at radius 2 is 2.11 bits per heavy atom. The number of hydrogen-bond donors (Lipinski definition) is 1. The summed E-state index contributed by atoms with van der Waals surface area (Å²) in [6.45, 7) is 7.92. The summed E-state index contributed by atoms with van der Waals surface area (Å²) in [5.74, 6) is 1.17. The van der Waals surface area contributed by atoms with E-state index < -0.39 is 0 Å². The highest BCUT2D eigenvalue weighted by molar-refractivity contribution is 9.10. The second-order valence-electron chi connectivity index (χ2n) is 4.73. The molecule has 0 bridgehead atoms. The normalized spacial score (nSPS) is 15.8. The van der Waals surface area contributed by atoms with Gasteiger partial charge in [0.15, 0.2) is 0 Å². The topological polar surface area (TPSA) is 52.0 Å². The van der Waals surface area contributed by atoms with Crippen LogP contribution >= 0.6 is 15.9 Å².